The maximum absolute atomic E-state index is 11.8. The highest BCUT2D eigenvalue weighted by molar-refractivity contribution is 5.87. The lowest BCUT2D eigenvalue weighted by Crippen LogP contribution is -2.22. The minimum absolute atomic E-state index is 0.105. The second-order valence-electron chi connectivity index (χ2n) is 6.81. The van der Waals surface area contributed by atoms with Gasteiger partial charge in [0.15, 0.2) is 0 Å². The van der Waals surface area contributed by atoms with Crippen LogP contribution in [0.5, 0.6) is 5.75 Å². The lowest BCUT2D eigenvalue weighted by atomic mass is 9.98. The fraction of sp³-hybridized carbons (Fsp3) is 0.526. The summed E-state index contributed by atoms with van der Waals surface area (Å²) < 4.78 is 11.2. The van der Waals surface area contributed by atoms with Crippen molar-refractivity contribution in [1.82, 2.24) is 0 Å². The second kappa shape index (κ2) is 7.48. The van der Waals surface area contributed by atoms with Gasteiger partial charge in [-0.3, -0.25) is 0 Å². The fourth-order valence-electron chi connectivity index (χ4n) is 2.55. The van der Waals surface area contributed by atoms with Crippen LogP contribution in [0.4, 0.5) is 0 Å². The summed E-state index contributed by atoms with van der Waals surface area (Å²) >= 11 is 0. The normalized spacial score (nSPS) is 16.7. The average molecular weight is 302 g/mol. The van der Waals surface area contributed by atoms with Crippen LogP contribution in [0, 0.1) is 0 Å². The summed E-state index contributed by atoms with van der Waals surface area (Å²) in [6.45, 7) is 6.05. The van der Waals surface area contributed by atoms with Gasteiger partial charge < -0.3 is 9.47 Å². The molecule has 0 aromatic heterocycles. The van der Waals surface area contributed by atoms with Crippen LogP contribution in [0.25, 0.3) is 6.08 Å². The van der Waals surface area contributed by atoms with Gasteiger partial charge in [0.25, 0.3) is 0 Å². The molecular weight excluding hydrogens is 276 g/mol. The lowest BCUT2D eigenvalue weighted by molar-refractivity contribution is -0.144. The average Bonchev–Trinajstić information content (AvgIpc) is 2.46. The highest BCUT2D eigenvalue weighted by Crippen LogP contribution is 2.21. The molecule has 0 radical (unpaired) electrons. The summed E-state index contributed by atoms with van der Waals surface area (Å²) in [6, 6.07) is 7.70. The van der Waals surface area contributed by atoms with E-state index in [1.165, 1.54) is 12.5 Å². The van der Waals surface area contributed by atoms with Crippen LogP contribution in [0.2, 0.25) is 0 Å². The number of hydrogen-bond donors (Lipinski definition) is 0. The van der Waals surface area contributed by atoms with Gasteiger partial charge in [-0.2, -0.15) is 0 Å². The van der Waals surface area contributed by atoms with Gasteiger partial charge in [0.1, 0.15) is 17.5 Å². The van der Waals surface area contributed by atoms with Crippen LogP contribution in [0.15, 0.2) is 30.3 Å². The Hall–Kier alpha value is -1.77. The minimum atomic E-state index is -0.248. The Bertz CT molecular complexity index is 502. The van der Waals surface area contributed by atoms with Crippen molar-refractivity contribution < 1.29 is 14.3 Å². The van der Waals surface area contributed by atoms with E-state index < -0.39 is 0 Å². The number of carbonyl (C=O) groups excluding carboxylic acids is 1. The molecule has 0 aliphatic heterocycles. The predicted octanol–water partition coefficient (Wildman–Crippen LogP) is 4.75. The highest BCUT2D eigenvalue weighted by Gasteiger charge is 2.16. The zero-order valence-corrected chi connectivity index (χ0v) is 13.8. The molecule has 22 heavy (non-hydrogen) atoms. The molecule has 1 aromatic carbocycles. The van der Waals surface area contributed by atoms with E-state index in [0.717, 1.165) is 37.0 Å². The van der Waals surface area contributed by atoms with Crippen molar-refractivity contribution in [2.75, 3.05) is 0 Å². The van der Waals surface area contributed by atoms with Gasteiger partial charge in [0, 0.05) is 6.08 Å². The molecule has 0 N–H and O–H groups in total. The molecule has 0 bridgehead atoms. The van der Waals surface area contributed by atoms with Crippen LogP contribution in [-0.4, -0.2) is 17.7 Å². The molecular formula is C19H26O3. The van der Waals surface area contributed by atoms with Gasteiger partial charge in [0.2, 0.25) is 0 Å². The summed E-state index contributed by atoms with van der Waals surface area (Å²) in [5.41, 5.74) is 0.753. The summed E-state index contributed by atoms with van der Waals surface area (Å²) in [6.07, 6.45) is 8.98. The molecule has 0 heterocycles. The van der Waals surface area contributed by atoms with Gasteiger partial charge in [0.05, 0.1) is 0 Å². The topological polar surface area (TPSA) is 35.5 Å². The first-order valence-electron chi connectivity index (χ1n) is 8.10. The van der Waals surface area contributed by atoms with Crippen molar-refractivity contribution in [3.8, 4) is 5.75 Å². The molecule has 120 valence electrons. The van der Waals surface area contributed by atoms with Gasteiger partial charge in [-0.1, -0.05) is 18.6 Å². The van der Waals surface area contributed by atoms with E-state index in [9.17, 15) is 4.79 Å². The number of ether oxygens (including phenoxy) is 2. The molecule has 3 heteroatoms. The van der Waals surface area contributed by atoms with Gasteiger partial charge in [-0.25, -0.2) is 4.79 Å². The Morgan fingerprint density at radius 1 is 1.09 bits per heavy atom. The maximum atomic E-state index is 11.8. The molecule has 0 spiro atoms. The van der Waals surface area contributed by atoms with Crippen molar-refractivity contribution in [3.63, 3.8) is 0 Å². The van der Waals surface area contributed by atoms with E-state index in [1.54, 1.807) is 6.08 Å². The summed E-state index contributed by atoms with van der Waals surface area (Å²) in [7, 11) is 0. The molecule has 1 aromatic rings. The molecule has 1 aliphatic carbocycles. The molecule has 3 nitrogen and oxygen atoms in total. The monoisotopic (exact) mass is 302 g/mol. The standard InChI is InChI=1S/C19H26O3/c1-19(2,3)22-17-12-9-15(10-13-17)11-14-18(20)21-16-7-5-4-6-8-16/h9-14,16H,4-8H2,1-3H3. The molecule has 0 unspecified atom stereocenters. The lowest BCUT2D eigenvalue weighted by Gasteiger charge is -2.21. The zero-order valence-electron chi connectivity index (χ0n) is 13.8. The molecule has 1 fully saturated rings. The van der Waals surface area contributed by atoms with Crippen LogP contribution in [-0.2, 0) is 9.53 Å². The third-order valence-corrected chi connectivity index (χ3v) is 3.55. The zero-order chi connectivity index (χ0) is 16.0. The fourth-order valence-corrected chi connectivity index (χ4v) is 2.55. The van der Waals surface area contributed by atoms with E-state index >= 15 is 0 Å². The largest absolute Gasteiger partial charge is 0.488 e. The Morgan fingerprint density at radius 2 is 1.73 bits per heavy atom. The first-order valence-corrected chi connectivity index (χ1v) is 8.10. The summed E-state index contributed by atoms with van der Waals surface area (Å²) in [4.78, 5) is 11.8. The summed E-state index contributed by atoms with van der Waals surface area (Å²) in [5, 5.41) is 0. The van der Waals surface area contributed by atoms with Crippen LogP contribution in [0.3, 0.4) is 0 Å². The van der Waals surface area contributed by atoms with E-state index in [0.29, 0.717) is 0 Å². The number of esters is 1. The van der Waals surface area contributed by atoms with Crippen LogP contribution < -0.4 is 4.74 Å². The Labute approximate surface area is 133 Å². The Kier molecular flexibility index (Phi) is 5.64. The first-order chi connectivity index (χ1) is 10.4. The quantitative estimate of drug-likeness (QED) is 0.594. The summed E-state index contributed by atoms with van der Waals surface area (Å²) in [5.74, 6) is 0.580. The van der Waals surface area contributed by atoms with Crippen LogP contribution in [0.1, 0.15) is 58.4 Å². The number of carbonyl (C=O) groups is 1. The van der Waals surface area contributed by atoms with Gasteiger partial charge in [-0.05, 0) is 70.2 Å². The third kappa shape index (κ3) is 5.92. The molecule has 0 saturated heterocycles. The second-order valence-corrected chi connectivity index (χ2v) is 6.81. The van der Waals surface area contributed by atoms with Gasteiger partial charge in [-0.15, -0.1) is 0 Å². The SMILES string of the molecule is CC(C)(C)Oc1ccc(C=CC(=O)OC2CCCCC2)cc1. The Balaban J connectivity index is 1.85. The van der Waals surface area contributed by atoms with Crippen molar-refractivity contribution in [1.29, 1.82) is 0 Å². The number of benzene rings is 1. The number of rotatable bonds is 4. The van der Waals surface area contributed by atoms with Crippen molar-refractivity contribution in [3.05, 3.63) is 35.9 Å². The molecule has 0 amide bonds. The highest BCUT2D eigenvalue weighted by atomic mass is 16.5. The van der Waals surface area contributed by atoms with Crippen molar-refractivity contribution in [2.24, 2.45) is 0 Å². The first kappa shape index (κ1) is 16.6. The third-order valence-electron chi connectivity index (χ3n) is 3.55. The smallest absolute Gasteiger partial charge is 0.331 e. The molecule has 0 atom stereocenters. The van der Waals surface area contributed by atoms with E-state index in [2.05, 4.69) is 0 Å². The van der Waals surface area contributed by atoms with Crippen LogP contribution >= 0.6 is 0 Å². The molecule has 2 rings (SSSR count). The predicted molar refractivity (Wildman–Crippen MR) is 88.8 cm³/mol. The Morgan fingerprint density at radius 3 is 2.32 bits per heavy atom. The van der Waals surface area contributed by atoms with E-state index in [4.69, 9.17) is 9.47 Å². The van der Waals surface area contributed by atoms with Gasteiger partial charge >= 0.3 is 5.97 Å². The molecule has 1 saturated carbocycles. The maximum Gasteiger partial charge on any atom is 0.331 e. The molecule has 1 aliphatic rings. The van der Waals surface area contributed by atoms with E-state index in [1.807, 2.05) is 45.0 Å². The minimum Gasteiger partial charge on any atom is -0.488 e. The van der Waals surface area contributed by atoms with Crippen molar-refractivity contribution >= 4 is 12.0 Å². The van der Waals surface area contributed by atoms with Crippen molar-refractivity contribution in [2.45, 2.75) is 64.6 Å². The van der Waals surface area contributed by atoms with E-state index in [-0.39, 0.29) is 17.7 Å². The number of hydrogen-bond acceptors (Lipinski definition) is 3.